The van der Waals surface area contributed by atoms with E-state index in [1.165, 1.54) is 12.1 Å². The summed E-state index contributed by atoms with van der Waals surface area (Å²) < 4.78 is 32.6. The second kappa shape index (κ2) is 35.0. The Bertz CT molecular complexity index is 1980. The van der Waals surface area contributed by atoms with Crippen LogP contribution < -0.4 is 43.0 Å². The lowest BCUT2D eigenvalue weighted by atomic mass is 10.0. The molecule has 0 aliphatic heterocycles. The largest absolute Gasteiger partial charge is 0.480 e. The number of hydrogen-bond acceptors (Lipinski definition) is 15. The molecular weight excluding hydrogens is 969 g/mol. The van der Waals surface area contributed by atoms with E-state index in [1.807, 2.05) is 0 Å². The van der Waals surface area contributed by atoms with Gasteiger partial charge in [0.15, 0.2) is 0 Å². The van der Waals surface area contributed by atoms with Crippen molar-refractivity contribution in [3.8, 4) is 11.8 Å². The number of carboxylic acid groups (broad SMARTS) is 1. The van der Waals surface area contributed by atoms with Crippen LogP contribution in [-0.4, -0.2) is 161 Å². The Morgan fingerprint density at radius 1 is 0.676 bits per heavy atom. The number of anilines is 1. The van der Waals surface area contributed by atoms with E-state index in [9.17, 15) is 48.6 Å². The number of hydrogen-bond donors (Lipinski definition) is 10. The molecule has 0 bridgehead atoms. The van der Waals surface area contributed by atoms with Crippen molar-refractivity contribution in [1.82, 2.24) is 31.9 Å². The van der Waals surface area contributed by atoms with Crippen LogP contribution in [0.4, 0.5) is 20.1 Å². The Kier molecular flexibility index (Phi) is 29.4. The van der Waals surface area contributed by atoms with Crippen molar-refractivity contribution in [2.24, 2.45) is 35.3 Å². The van der Waals surface area contributed by atoms with Gasteiger partial charge in [0.05, 0.1) is 66.1 Å². The van der Waals surface area contributed by atoms with E-state index in [0.29, 0.717) is 75.2 Å². The van der Waals surface area contributed by atoms with Crippen LogP contribution in [0.15, 0.2) is 24.3 Å². The Morgan fingerprint density at radius 2 is 1.27 bits per heavy atom. The minimum absolute atomic E-state index is 0.0455. The Hall–Kier alpha value is -6.26. The van der Waals surface area contributed by atoms with E-state index in [1.54, 1.807) is 39.8 Å². The SMILES string of the molecule is CC(C)C[C@H](NC(=O)[C@H](CO)NC(=O)OCc1ccc(NC(=O)[C@H](CCCNC(N)=O)NC(=O)[C@@H](NC(=O)CCOCCOCCOCCOCCNC(=O)OCC2C3CCC#CCCC32)C(C)C)cc1)C(=O)O. The van der Waals surface area contributed by atoms with Gasteiger partial charge in [0.25, 0.3) is 0 Å². The van der Waals surface area contributed by atoms with E-state index >= 15 is 0 Å². The van der Waals surface area contributed by atoms with Crippen LogP contribution in [-0.2, 0) is 59.0 Å². The van der Waals surface area contributed by atoms with E-state index in [4.69, 9.17) is 34.2 Å². The highest BCUT2D eigenvalue weighted by molar-refractivity contribution is 5.98. The van der Waals surface area contributed by atoms with E-state index in [0.717, 1.165) is 25.7 Å². The summed E-state index contributed by atoms with van der Waals surface area (Å²) in [4.78, 5) is 99.8. The Morgan fingerprint density at radius 3 is 1.84 bits per heavy atom. The number of nitrogens with one attached hydrogen (secondary N) is 7. The zero-order chi connectivity index (χ0) is 54.3. The number of aliphatic hydroxyl groups is 1. The number of amides is 8. The maximum atomic E-state index is 13.6. The average molecular weight is 1050 g/mol. The molecule has 1 saturated carbocycles. The molecule has 2 aliphatic carbocycles. The van der Waals surface area contributed by atoms with Gasteiger partial charge in [-0.2, -0.15) is 0 Å². The first kappa shape index (κ1) is 62.0. The standard InChI is InChI=1S/C50H78N8O16/c1-32(2)28-40(47(64)65)56-45(62)41(29-59)57-50(68)73-30-34-13-15-35(16-14-34)54-44(61)39(12-9-18-52-48(51)66)55-46(63)43(33(3)4)58-42(60)17-20-69-22-24-71-26-27-72-25-23-70-21-19-53-49(67)74-31-38-36-10-7-5-6-8-11-37(36)38/h13-16,32-33,36-41,43,59H,7-12,17-31H2,1-4H3,(H,53,67)(H,54,61)(H,55,63)(H,56,62)(H,57,68)(H,58,60)(H,64,65)(H3,51,52,66)/t36?,37?,38?,39-,40-,41-,43-/m0/s1. The molecule has 1 aromatic carbocycles. The number of rotatable bonds is 36. The van der Waals surface area contributed by atoms with Gasteiger partial charge in [-0.3, -0.25) is 19.2 Å². The summed E-state index contributed by atoms with van der Waals surface area (Å²) >= 11 is 0. The predicted octanol–water partition coefficient (Wildman–Crippen LogP) is 1.52. The molecule has 414 valence electrons. The van der Waals surface area contributed by atoms with Crippen molar-refractivity contribution in [1.29, 1.82) is 0 Å². The molecule has 0 heterocycles. The number of alkyl carbamates (subject to hydrolysis) is 2. The van der Waals surface area contributed by atoms with Crippen molar-refractivity contribution in [3.05, 3.63) is 29.8 Å². The normalized spacial score (nSPS) is 17.3. The second-order valence-electron chi connectivity index (χ2n) is 18.6. The molecule has 24 nitrogen and oxygen atoms in total. The smallest absolute Gasteiger partial charge is 0.408 e. The molecule has 3 rings (SSSR count). The maximum absolute atomic E-state index is 13.6. The maximum Gasteiger partial charge on any atom is 0.408 e. The first-order valence-electron chi connectivity index (χ1n) is 25.3. The fourth-order valence-corrected chi connectivity index (χ4v) is 7.89. The Balaban J connectivity index is 1.30. The van der Waals surface area contributed by atoms with Gasteiger partial charge in [-0.15, -0.1) is 11.8 Å². The predicted molar refractivity (Wildman–Crippen MR) is 268 cm³/mol. The van der Waals surface area contributed by atoms with Crippen LogP contribution in [0.2, 0.25) is 0 Å². The summed E-state index contributed by atoms with van der Waals surface area (Å²) in [5.74, 6) is 3.82. The number of urea groups is 1. The van der Waals surface area contributed by atoms with E-state index in [2.05, 4.69) is 49.1 Å². The molecule has 8 amide bonds. The molecule has 1 fully saturated rings. The van der Waals surface area contributed by atoms with Crippen LogP contribution in [0.1, 0.15) is 84.6 Å². The van der Waals surface area contributed by atoms with Crippen molar-refractivity contribution in [2.45, 2.75) is 110 Å². The quantitative estimate of drug-likeness (QED) is 0.0336. The topological polar surface area (TPSA) is 343 Å². The molecule has 11 N–H and O–H groups in total. The molecule has 0 spiro atoms. The zero-order valence-corrected chi connectivity index (χ0v) is 43.0. The zero-order valence-electron chi connectivity index (χ0n) is 43.0. The first-order chi connectivity index (χ1) is 35.5. The summed E-state index contributed by atoms with van der Waals surface area (Å²) in [6.45, 7) is 9.08. The molecule has 1 aromatic rings. The number of aliphatic hydroxyl groups excluding tert-OH is 1. The van der Waals surface area contributed by atoms with Gasteiger partial charge >= 0.3 is 24.2 Å². The number of carbonyl (C=O) groups is 8. The number of carboxylic acids is 1. The number of fused-ring (bicyclic) bond motifs is 1. The van der Waals surface area contributed by atoms with Gasteiger partial charge in [-0.25, -0.2) is 19.2 Å². The van der Waals surface area contributed by atoms with Gasteiger partial charge in [0.2, 0.25) is 23.6 Å². The van der Waals surface area contributed by atoms with Gasteiger partial charge in [0.1, 0.15) is 30.8 Å². The van der Waals surface area contributed by atoms with Crippen molar-refractivity contribution in [2.75, 3.05) is 84.5 Å². The molecule has 0 aromatic heterocycles. The number of carbonyl (C=O) groups excluding carboxylic acids is 7. The van der Waals surface area contributed by atoms with Gasteiger partial charge in [-0.05, 0) is 79.4 Å². The lowest BCUT2D eigenvalue weighted by molar-refractivity contribution is -0.142. The fourth-order valence-electron chi connectivity index (χ4n) is 7.89. The molecule has 74 heavy (non-hydrogen) atoms. The molecule has 6 atom stereocenters. The molecule has 2 unspecified atom stereocenters. The highest BCUT2D eigenvalue weighted by Crippen LogP contribution is 2.52. The summed E-state index contributed by atoms with van der Waals surface area (Å²) in [5, 5.41) is 36.9. The average Bonchev–Trinajstić information content (AvgIpc) is 4.00. The molecule has 24 heteroatoms. The lowest BCUT2D eigenvalue weighted by Crippen LogP contribution is -2.54. The highest BCUT2D eigenvalue weighted by atomic mass is 16.6. The third-order valence-electron chi connectivity index (χ3n) is 11.9. The summed E-state index contributed by atoms with van der Waals surface area (Å²) in [7, 11) is 0. The molecule has 0 radical (unpaired) electrons. The van der Waals surface area contributed by atoms with Crippen molar-refractivity contribution < 1.29 is 77.0 Å². The molecule has 2 aliphatic rings. The van der Waals surface area contributed by atoms with Crippen molar-refractivity contribution >= 4 is 53.5 Å². The highest BCUT2D eigenvalue weighted by Gasteiger charge is 2.49. The Labute approximate surface area is 432 Å². The van der Waals surface area contributed by atoms with E-state index < -0.39 is 78.6 Å². The third-order valence-corrected chi connectivity index (χ3v) is 11.9. The van der Waals surface area contributed by atoms with Crippen LogP contribution >= 0.6 is 0 Å². The first-order valence-corrected chi connectivity index (χ1v) is 25.3. The van der Waals surface area contributed by atoms with Gasteiger partial charge in [0, 0.05) is 38.0 Å². The summed E-state index contributed by atoms with van der Waals surface area (Å²) in [6, 6.07) is 0.590. The van der Waals surface area contributed by atoms with E-state index in [-0.39, 0.29) is 70.5 Å². The van der Waals surface area contributed by atoms with Gasteiger partial charge in [-0.1, -0.05) is 39.8 Å². The van der Waals surface area contributed by atoms with Gasteiger partial charge < -0.3 is 81.6 Å². The molecule has 0 saturated heterocycles. The number of primary amides is 1. The number of aliphatic carboxylic acids is 1. The summed E-state index contributed by atoms with van der Waals surface area (Å²) in [6.07, 6.45) is 2.96. The van der Waals surface area contributed by atoms with Crippen LogP contribution in [0.5, 0.6) is 0 Å². The number of benzene rings is 1. The van der Waals surface area contributed by atoms with Crippen LogP contribution in [0, 0.1) is 41.4 Å². The van der Waals surface area contributed by atoms with Crippen molar-refractivity contribution in [3.63, 3.8) is 0 Å². The van der Waals surface area contributed by atoms with Crippen LogP contribution in [0.3, 0.4) is 0 Å². The number of nitrogens with two attached hydrogens (primary N) is 1. The monoisotopic (exact) mass is 1050 g/mol. The third kappa shape index (κ3) is 25.6. The lowest BCUT2D eigenvalue weighted by Gasteiger charge is -2.25. The minimum atomic E-state index is -1.47. The second-order valence-corrected chi connectivity index (χ2v) is 18.6. The minimum Gasteiger partial charge on any atom is -0.480 e. The summed E-state index contributed by atoms with van der Waals surface area (Å²) in [5.41, 5.74) is 5.98. The van der Waals surface area contributed by atoms with Crippen LogP contribution in [0.25, 0.3) is 0 Å². The fraction of sp³-hybridized carbons (Fsp3) is 0.680. The molecular formula is C50H78N8O16. The number of ether oxygens (including phenoxy) is 6.